The van der Waals surface area contributed by atoms with E-state index in [4.69, 9.17) is 20.8 Å². The van der Waals surface area contributed by atoms with Crippen molar-refractivity contribution in [2.45, 2.75) is 20.4 Å². The summed E-state index contributed by atoms with van der Waals surface area (Å²) in [5, 5.41) is -0.0402. The molecule has 0 aliphatic rings. The molecule has 0 fully saturated rings. The second-order valence-electron chi connectivity index (χ2n) is 5.74. The predicted molar refractivity (Wildman–Crippen MR) is 93.0 cm³/mol. The van der Waals surface area contributed by atoms with Crippen LogP contribution in [0.15, 0.2) is 47.1 Å². The molecule has 0 saturated carbocycles. The van der Waals surface area contributed by atoms with Crippen LogP contribution in [0.2, 0.25) is 5.02 Å². The number of carbonyl (C=O) groups excluding carboxylic acids is 1. The molecule has 25 heavy (non-hydrogen) atoms. The monoisotopic (exact) mass is 361 g/mol. The van der Waals surface area contributed by atoms with Crippen LogP contribution in [0.3, 0.4) is 0 Å². The molecule has 0 spiro atoms. The molecule has 3 rings (SSSR count). The van der Waals surface area contributed by atoms with Crippen molar-refractivity contribution in [3.63, 3.8) is 0 Å². The van der Waals surface area contributed by atoms with E-state index in [1.165, 1.54) is 18.2 Å². The molecule has 0 N–H and O–H groups in total. The van der Waals surface area contributed by atoms with Crippen LogP contribution in [0, 0.1) is 19.7 Å². The molecule has 0 radical (unpaired) electrons. The van der Waals surface area contributed by atoms with E-state index in [9.17, 15) is 9.18 Å². The second-order valence-corrected chi connectivity index (χ2v) is 6.15. The highest BCUT2D eigenvalue weighted by molar-refractivity contribution is 6.30. The number of halogens is 2. The summed E-state index contributed by atoms with van der Waals surface area (Å²) in [5.41, 5.74) is 2.40. The molecule has 0 aliphatic heterocycles. The van der Waals surface area contributed by atoms with Gasteiger partial charge in [0.15, 0.2) is 6.61 Å². The summed E-state index contributed by atoms with van der Waals surface area (Å²) in [6, 6.07) is 9.55. The van der Waals surface area contributed by atoms with E-state index < -0.39 is 5.82 Å². The number of benzene rings is 1. The summed E-state index contributed by atoms with van der Waals surface area (Å²) in [7, 11) is 0. The lowest BCUT2D eigenvalue weighted by Gasteiger charge is -2.08. The first-order valence-corrected chi connectivity index (χ1v) is 8.13. The smallest absolute Gasteiger partial charge is 0.202 e. The molecule has 0 bridgehead atoms. The average Bonchev–Trinajstić information content (AvgIpc) is 3.19. The van der Waals surface area contributed by atoms with Crippen LogP contribution < -0.4 is 4.74 Å². The fraction of sp³-hybridized carbons (Fsp3) is 0.211. The Labute approximate surface area is 149 Å². The Morgan fingerprint density at radius 3 is 2.76 bits per heavy atom. The van der Waals surface area contributed by atoms with Crippen LogP contribution in [0.25, 0.3) is 0 Å². The van der Waals surface area contributed by atoms with Crippen molar-refractivity contribution >= 4 is 17.4 Å². The van der Waals surface area contributed by atoms with E-state index >= 15 is 0 Å². The summed E-state index contributed by atoms with van der Waals surface area (Å²) >= 11 is 5.71. The number of hydrogen-bond donors (Lipinski definition) is 0. The zero-order valence-corrected chi connectivity index (χ0v) is 14.6. The van der Waals surface area contributed by atoms with E-state index in [0.29, 0.717) is 17.9 Å². The van der Waals surface area contributed by atoms with Crippen molar-refractivity contribution in [1.29, 1.82) is 0 Å². The maximum absolute atomic E-state index is 13.2. The van der Waals surface area contributed by atoms with Crippen LogP contribution in [0.4, 0.5) is 4.39 Å². The van der Waals surface area contributed by atoms with Gasteiger partial charge in [0.05, 0.1) is 17.8 Å². The van der Waals surface area contributed by atoms with Gasteiger partial charge >= 0.3 is 0 Å². The van der Waals surface area contributed by atoms with Gasteiger partial charge in [0, 0.05) is 23.0 Å². The number of aromatic nitrogens is 1. The van der Waals surface area contributed by atoms with Gasteiger partial charge in [-0.05, 0) is 44.2 Å². The number of ketones is 1. The Morgan fingerprint density at radius 2 is 2.08 bits per heavy atom. The first-order chi connectivity index (χ1) is 12.0. The van der Waals surface area contributed by atoms with Gasteiger partial charge in [-0.1, -0.05) is 11.6 Å². The number of nitrogens with zero attached hydrogens (tertiary/aromatic N) is 1. The van der Waals surface area contributed by atoms with E-state index in [-0.39, 0.29) is 17.4 Å². The van der Waals surface area contributed by atoms with Crippen LogP contribution in [-0.4, -0.2) is 17.0 Å². The van der Waals surface area contributed by atoms with Gasteiger partial charge in [-0.3, -0.25) is 4.79 Å². The zero-order valence-electron chi connectivity index (χ0n) is 13.9. The minimum Gasteiger partial charge on any atom is -0.485 e. The normalized spacial score (nSPS) is 10.9. The van der Waals surface area contributed by atoms with Crippen molar-refractivity contribution in [3.8, 4) is 5.75 Å². The molecule has 130 valence electrons. The van der Waals surface area contributed by atoms with Crippen molar-refractivity contribution in [3.05, 3.63) is 76.2 Å². The van der Waals surface area contributed by atoms with Gasteiger partial charge in [-0.15, -0.1) is 0 Å². The number of Topliss-reactive ketones (excluding diaryl/α,β-unsaturated/α-hetero) is 1. The molecule has 0 saturated heterocycles. The van der Waals surface area contributed by atoms with E-state index in [1.807, 2.05) is 36.6 Å². The lowest BCUT2D eigenvalue weighted by Crippen LogP contribution is -2.13. The topological polar surface area (TPSA) is 44.4 Å². The summed E-state index contributed by atoms with van der Waals surface area (Å²) in [5.74, 6) is 0.489. The predicted octanol–water partition coefficient (Wildman–Crippen LogP) is 4.80. The van der Waals surface area contributed by atoms with Gasteiger partial charge in [-0.2, -0.15) is 0 Å². The molecule has 0 unspecified atom stereocenters. The zero-order chi connectivity index (χ0) is 18.0. The highest BCUT2D eigenvalue weighted by Gasteiger charge is 2.17. The summed E-state index contributed by atoms with van der Waals surface area (Å²) in [6.45, 7) is 4.24. The molecule has 3 aromatic rings. The summed E-state index contributed by atoms with van der Waals surface area (Å²) in [6.07, 6.45) is 1.62. The number of rotatable bonds is 6. The third-order valence-electron chi connectivity index (χ3n) is 4.03. The van der Waals surface area contributed by atoms with Crippen LogP contribution >= 0.6 is 11.6 Å². The van der Waals surface area contributed by atoms with Crippen LogP contribution in [0.1, 0.15) is 27.5 Å². The van der Waals surface area contributed by atoms with Crippen LogP contribution in [-0.2, 0) is 6.54 Å². The molecular weight excluding hydrogens is 345 g/mol. The average molecular weight is 362 g/mol. The Balaban J connectivity index is 1.72. The molecule has 6 heteroatoms. The third kappa shape index (κ3) is 3.77. The van der Waals surface area contributed by atoms with Crippen molar-refractivity contribution in [2.24, 2.45) is 0 Å². The molecule has 1 aromatic carbocycles. The number of carbonyl (C=O) groups is 1. The van der Waals surface area contributed by atoms with Crippen LogP contribution in [0.5, 0.6) is 5.75 Å². The van der Waals surface area contributed by atoms with Crippen molar-refractivity contribution in [2.75, 3.05) is 6.61 Å². The minimum atomic E-state index is -0.526. The van der Waals surface area contributed by atoms with Crippen molar-refractivity contribution in [1.82, 2.24) is 4.57 Å². The fourth-order valence-corrected chi connectivity index (χ4v) is 2.85. The van der Waals surface area contributed by atoms with Crippen molar-refractivity contribution < 1.29 is 18.3 Å². The molecule has 2 aromatic heterocycles. The number of furan rings is 1. The minimum absolute atomic E-state index is 0.0402. The van der Waals surface area contributed by atoms with E-state index in [1.54, 1.807) is 6.26 Å². The van der Waals surface area contributed by atoms with Gasteiger partial charge in [-0.25, -0.2) is 4.39 Å². The maximum Gasteiger partial charge on any atom is 0.202 e. The molecule has 0 aliphatic carbocycles. The third-order valence-corrected chi connectivity index (χ3v) is 4.32. The highest BCUT2D eigenvalue weighted by Crippen LogP contribution is 2.22. The first kappa shape index (κ1) is 17.3. The quantitative estimate of drug-likeness (QED) is 0.592. The first-order valence-electron chi connectivity index (χ1n) is 7.76. The molecule has 0 atom stereocenters. The Hall–Kier alpha value is -2.53. The number of aryl methyl sites for hydroxylation is 1. The van der Waals surface area contributed by atoms with Gasteiger partial charge in [0.2, 0.25) is 5.78 Å². The maximum atomic E-state index is 13.2. The standard InChI is InChI=1S/C19H17ClFNO3/c1-12-8-16(13(2)22(12)10-15-4-3-7-24-15)19(23)11-25-14-5-6-18(21)17(20)9-14/h3-9H,10-11H2,1-2H3. The van der Waals surface area contributed by atoms with Gasteiger partial charge < -0.3 is 13.7 Å². The van der Waals surface area contributed by atoms with Gasteiger partial charge in [0.1, 0.15) is 17.3 Å². The SMILES string of the molecule is Cc1cc(C(=O)COc2ccc(F)c(Cl)c2)c(C)n1Cc1ccco1. The number of hydrogen-bond acceptors (Lipinski definition) is 3. The Kier molecular flexibility index (Phi) is 4.95. The number of ether oxygens (including phenoxy) is 1. The lowest BCUT2D eigenvalue weighted by atomic mass is 10.1. The summed E-state index contributed by atoms with van der Waals surface area (Å²) < 4.78 is 26.0. The second kappa shape index (κ2) is 7.15. The highest BCUT2D eigenvalue weighted by atomic mass is 35.5. The Bertz CT molecular complexity index is 900. The van der Waals surface area contributed by atoms with E-state index in [0.717, 1.165) is 17.1 Å². The largest absolute Gasteiger partial charge is 0.485 e. The van der Waals surface area contributed by atoms with Gasteiger partial charge in [0.25, 0.3) is 0 Å². The molecular formula is C19H17ClFNO3. The molecule has 2 heterocycles. The molecule has 0 amide bonds. The van der Waals surface area contributed by atoms with E-state index in [2.05, 4.69) is 0 Å². The summed E-state index contributed by atoms with van der Waals surface area (Å²) in [4.78, 5) is 12.5. The molecule has 4 nitrogen and oxygen atoms in total. The Morgan fingerprint density at radius 1 is 1.28 bits per heavy atom. The lowest BCUT2D eigenvalue weighted by molar-refractivity contribution is 0.0920. The fourth-order valence-electron chi connectivity index (χ4n) is 2.68.